The van der Waals surface area contributed by atoms with E-state index in [9.17, 15) is 4.79 Å². The lowest BCUT2D eigenvalue weighted by Gasteiger charge is -1.96. The molecule has 3 heterocycles. The highest BCUT2D eigenvalue weighted by Gasteiger charge is 2.16. The largest absolute Gasteiger partial charge is 0.296 e. The topological polar surface area (TPSA) is 91.6 Å². The highest BCUT2D eigenvalue weighted by molar-refractivity contribution is 8.01. The molecular weight excluding hydrogens is 338 g/mol. The number of fused-ring (bicyclic) bond motifs is 1. The molecule has 0 aliphatic rings. The average molecular weight is 347 g/mol. The molecule has 0 aliphatic carbocycles. The molecule has 22 heavy (non-hydrogen) atoms. The summed E-state index contributed by atoms with van der Waals surface area (Å²) in [7, 11) is 0. The minimum atomic E-state index is -0.298. The molecule has 0 saturated heterocycles. The molecule has 0 aliphatic heterocycles. The number of anilines is 1. The summed E-state index contributed by atoms with van der Waals surface area (Å²) < 4.78 is 0.933. The zero-order valence-electron chi connectivity index (χ0n) is 11.4. The van der Waals surface area contributed by atoms with E-state index in [0.717, 1.165) is 14.7 Å². The first-order valence-corrected chi connectivity index (χ1v) is 8.79. The molecular formula is C13H9N5OS3. The zero-order valence-corrected chi connectivity index (χ0v) is 13.8. The summed E-state index contributed by atoms with van der Waals surface area (Å²) in [4.78, 5) is 25.7. The lowest BCUT2D eigenvalue weighted by Crippen LogP contribution is -2.11. The summed E-state index contributed by atoms with van der Waals surface area (Å²) in [5.41, 5.74) is 1.52. The van der Waals surface area contributed by atoms with E-state index in [1.54, 1.807) is 12.3 Å². The van der Waals surface area contributed by atoms with Crippen LogP contribution in [0.3, 0.4) is 0 Å². The van der Waals surface area contributed by atoms with E-state index in [1.807, 2.05) is 13.0 Å². The number of nitrogens with zero attached hydrogens (tertiary/aromatic N) is 4. The van der Waals surface area contributed by atoms with Crippen molar-refractivity contribution >= 4 is 55.8 Å². The lowest BCUT2D eigenvalue weighted by molar-refractivity contribution is 0.102. The standard InChI is InChI=1S/C13H9N5OS3/c1-7-12(20-6-4-14)22-13(16-7)18-9(19)11-17-8-3-2-5-15-10(8)21-11/h2-3,5H,6H2,1H3,(H,16,18,19). The summed E-state index contributed by atoms with van der Waals surface area (Å²) in [6, 6.07) is 5.68. The van der Waals surface area contributed by atoms with Crippen LogP contribution in [0.4, 0.5) is 5.13 Å². The van der Waals surface area contributed by atoms with E-state index in [1.165, 1.54) is 34.4 Å². The molecule has 6 nitrogen and oxygen atoms in total. The van der Waals surface area contributed by atoms with Crippen LogP contribution >= 0.6 is 34.4 Å². The van der Waals surface area contributed by atoms with Crippen molar-refractivity contribution in [3.05, 3.63) is 29.0 Å². The van der Waals surface area contributed by atoms with Crippen LogP contribution in [0.5, 0.6) is 0 Å². The molecule has 0 radical (unpaired) electrons. The van der Waals surface area contributed by atoms with Crippen LogP contribution in [-0.4, -0.2) is 26.6 Å². The van der Waals surface area contributed by atoms with E-state index in [-0.39, 0.29) is 5.91 Å². The fraction of sp³-hybridized carbons (Fsp3) is 0.154. The molecule has 9 heteroatoms. The molecule has 0 spiro atoms. The minimum absolute atomic E-state index is 0.298. The number of carbonyl (C=O) groups excluding carboxylic acids is 1. The van der Waals surface area contributed by atoms with Crippen molar-refractivity contribution in [2.75, 3.05) is 11.1 Å². The van der Waals surface area contributed by atoms with Gasteiger partial charge in [-0.2, -0.15) is 5.26 Å². The summed E-state index contributed by atoms with van der Waals surface area (Å²) in [6.45, 7) is 1.85. The number of rotatable bonds is 4. The Morgan fingerprint density at radius 3 is 3.09 bits per heavy atom. The SMILES string of the molecule is Cc1nc(NC(=O)c2nc3cccnc3s2)sc1SCC#N. The molecule has 0 saturated carbocycles. The van der Waals surface area contributed by atoms with E-state index < -0.39 is 0 Å². The van der Waals surface area contributed by atoms with Gasteiger partial charge in [-0.25, -0.2) is 15.0 Å². The van der Waals surface area contributed by atoms with E-state index in [4.69, 9.17) is 5.26 Å². The molecule has 0 atom stereocenters. The summed E-state index contributed by atoms with van der Waals surface area (Å²) >= 11 is 4.02. The van der Waals surface area contributed by atoms with Gasteiger partial charge in [-0.05, 0) is 19.1 Å². The first-order valence-electron chi connectivity index (χ1n) is 6.17. The molecule has 3 rings (SSSR count). The Labute approximate surface area is 138 Å². The predicted octanol–water partition coefficient (Wildman–Crippen LogP) is 3.32. The molecule has 1 N–H and O–H groups in total. The first kappa shape index (κ1) is 14.9. The fourth-order valence-corrected chi connectivity index (χ4v) is 4.28. The maximum Gasteiger partial charge on any atom is 0.286 e. The van der Waals surface area contributed by atoms with Crippen molar-refractivity contribution in [1.82, 2.24) is 15.0 Å². The second-order valence-electron chi connectivity index (χ2n) is 4.14. The van der Waals surface area contributed by atoms with Gasteiger partial charge in [-0.1, -0.05) is 34.4 Å². The third-order valence-corrected chi connectivity index (χ3v) is 5.88. The van der Waals surface area contributed by atoms with Crippen molar-refractivity contribution in [3.8, 4) is 6.07 Å². The van der Waals surface area contributed by atoms with Gasteiger partial charge >= 0.3 is 0 Å². The molecule has 3 aromatic heterocycles. The van der Waals surface area contributed by atoms with Crippen LogP contribution in [0.2, 0.25) is 0 Å². The Kier molecular flexibility index (Phi) is 4.33. The van der Waals surface area contributed by atoms with Crippen molar-refractivity contribution in [1.29, 1.82) is 5.26 Å². The Morgan fingerprint density at radius 2 is 2.32 bits per heavy atom. The lowest BCUT2D eigenvalue weighted by atomic mass is 10.4. The highest BCUT2D eigenvalue weighted by Crippen LogP contribution is 2.32. The van der Waals surface area contributed by atoms with Gasteiger partial charge in [0, 0.05) is 6.20 Å². The Hall–Kier alpha value is -2.02. The number of thioether (sulfide) groups is 1. The fourth-order valence-electron chi connectivity index (χ4n) is 1.69. The van der Waals surface area contributed by atoms with Crippen LogP contribution in [-0.2, 0) is 0 Å². The Morgan fingerprint density at radius 1 is 1.45 bits per heavy atom. The number of aryl methyl sites for hydroxylation is 1. The van der Waals surface area contributed by atoms with E-state index in [2.05, 4.69) is 26.3 Å². The number of nitrogens with one attached hydrogen (secondary N) is 1. The Balaban J connectivity index is 1.78. The number of amides is 1. The third kappa shape index (κ3) is 3.09. The van der Waals surface area contributed by atoms with Crippen molar-refractivity contribution in [3.63, 3.8) is 0 Å². The minimum Gasteiger partial charge on any atom is -0.296 e. The molecule has 1 amide bonds. The van der Waals surface area contributed by atoms with Crippen LogP contribution in [0.1, 0.15) is 15.5 Å². The number of nitriles is 1. The third-order valence-electron chi connectivity index (χ3n) is 2.60. The maximum atomic E-state index is 12.2. The van der Waals surface area contributed by atoms with Gasteiger partial charge in [0.25, 0.3) is 5.91 Å². The first-order chi connectivity index (χ1) is 10.7. The van der Waals surface area contributed by atoms with Crippen molar-refractivity contribution in [2.24, 2.45) is 0 Å². The van der Waals surface area contributed by atoms with Gasteiger partial charge in [0.15, 0.2) is 10.1 Å². The summed E-state index contributed by atoms with van der Waals surface area (Å²) in [5, 5.41) is 12.2. The zero-order chi connectivity index (χ0) is 15.5. The number of hydrogen-bond acceptors (Lipinski definition) is 8. The molecule has 0 fully saturated rings. The second kappa shape index (κ2) is 6.39. The normalized spacial score (nSPS) is 10.5. The molecule has 110 valence electrons. The number of aromatic nitrogens is 3. The van der Waals surface area contributed by atoms with Gasteiger partial charge in [0.05, 0.1) is 21.7 Å². The van der Waals surface area contributed by atoms with Crippen LogP contribution < -0.4 is 5.32 Å². The van der Waals surface area contributed by atoms with Crippen molar-refractivity contribution in [2.45, 2.75) is 11.1 Å². The molecule has 0 unspecified atom stereocenters. The summed E-state index contributed by atoms with van der Waals surface area (Å²) in [6.07, 6.45) is 1.67. The smallest absolute Gasteiger partial charge is 0.286 e. The number of carbonyl (C=O) groups is 1. The average Bonchev–Trinajstić information content (AvgIpc) is 3.08. The van der Waals surface area contributed by atoms with Gasteiger partial charge in [0.2, 0.25) is 0 Å². The van der Waals surface area contributed by atoms with Crippen molar-refractivity contribution < 1.29 is 4.79 Å². The maximum absolute atomic E-state index is 12.2. The van der Waals surface area contributed by atoms with Gasteiger partial charge in [0.1, 0.15) is 10.3 Å². The molecule has 0 bridgehead atoms. The van der Waals surface area contributed by atoms with Crippen LogP contribution in [0.15, 0.2) is 22.5 Å². The quantitative estimate of drug-likeness (QED) is 0.728. The van der Waals surface area contributed by atoms with Gasteiger partial charge in [-0.15, -0.1) is 0 Å². The van der Waals surface area contributed by atoms with E-state index >= 15 is 0 Å². The number of pyridine rings is 1. The second-order valence-corrected chi connectivity index (χ2v) is 7.36. The van der Waals surface area contributed by atoms with E-state index in [0.29, 0.717) is 21.4 Å². The monoisotopic (exact) mass is 347 g/mol. The van der Waals surface area contributed by atoms with Crippen LogP contribution in [0.25, 0.3) is 10.3 Å². The summed E-state index contributed by atoms with van der Waals surface area (Å²) in [5.74, 6) is 0.0635. The number of thiazole rings is 2. The Bertz CT molecular complexity index is 846. The van der Waals surface area contributed by atoms with Gasteiger partial charge in [-0.3, -0.25) is 10.1 Å². The molecule has 0 aromatic carbocycles. The highest BCUT2D eigenvalue weighted by atomic mass is 32.2. The predicted molar refractivity (Wildman–Crippen MR) is 88.6 cm³/mol. The van der Waals surface area contributed by atoms with Gasteiger partial charge < -0.3 is 0 Å². The van der Waals surface area contributed by atoms with Crippen LogP contribution in [0, 0.1) is 18.3 Å². The number of hydrogen-bond donors (Lipinski definition) is 1. The molecule has 3 aromatic rings.